The molecule has 166 valence electrons. The summed E-state index contributed by atoms with van der Waals surface area (Å²) in [6.45, 7) is 8.39. The van der Waals surface area contributed by atoms with Crippen LogP contribution in [0.2, 0.25) is 5.02 Å². The summed E-state index contributed by atoms with van der Waals surface area (Å²) in [6, 6.07) is 17.1. The van der Waals surface area contributed by atoms with Crippen LogP contribution in [0, 0.1) is 0 Å². The summed E-state index contributed by atoms with van der Waals surface area (Å²) < 4.78 is 0. The Balaban J connectivity index is 1.54. The van der Waals surface area contributed by atoms with Gasteiger partial charge in [0.25, 0.3) is 0 Å². The maximum atomic E-state index is 13.0. The lowest BCUT2D eigenvalue weighted by Crippen LogP contribution is -2.52. The average molecular weight is 443 g/mol. The molecule has 2 amide bonds. The maximum absolute atomic E-state index is 13.0. The number of nitrogens with one attached hydrogen (secondary N) is 1. The first kappa shape index (κ1) is 23.1. The smallest absolute Gasteiger partial charge is 0.242 e. The summed E-state index contributed by atoms with van der Waals surface area (Å²) in [5, 5.41) is 3.59. The van der Waals surface area contributed by atoms with Gasteiger partial charge in [0.2, 0.25) is 11.8 Å². The fraction of sp³-hybridized carbons (Fsp3) is 0.417. The highest BCUT2D eigenvalue weighted by Crippen LogP contribution is 2.21. The van der Waals surface area contributed by atoms with Crippen molar-refractivity contribution in [3.05, 3.63) is 65.2 Å². The van der Waals surface area contributed by atoms with Crippen LogP contribution < -0.4 is 10.2 Å². The van der Waals surface area contributed by atoms with E-state index in [1.807, 2.05) is 73.3 Å². The molecule has 7 heteroatoms. The molecule has 31 heavy (non-hydrogen) atoms. The number of hydrogen-bond donors (Lipinski definition) is 1. The van der Waals surface area contributed by atoms with E-state index in [0.717, 1.165) is 37.4 Å². The number of amides is 2. The van der Waals surface area contributed by atoms with E-state index < -0.39 is 6.04 Å². The molecule has 1 unspecified atom stereocenters. The van der Waals surface area contributed by atoms with E-state index >= 15 is 0 Å². The lowest BCUT2D eigenvalue weighted by molar-refractivity contribution is -0.134. The summed E-state index contributed by atoms with van der Waals surface area (Å²) in [7, 11) is 0. The van der Waals surface area contributed by atoms with E-state index in [9.17, 15) is 9.59 Å². The molecular formula is C24H31ClN4O2. The number of carbonyl (C=O) groups is 2. The first-order chi connectivity index (χ1) is 15.0. The Morgan fingerprint density at radius 1 is 0.968 bits per heavy atom. The van der Waals surface area contributed by atoms with Gasteiger partial charge in [-0.1, -0.05) is 55.8 Å². The number of nitrogens with zero attached hydrogens (tertiary/aromatic N) is 3. The first-order valence-electron chi connectivity index (χ1n) is 10.9. The largest absolute Gasteiger partial charge is 0.368 e. The number of benzene rings is 2. The van der Waals surface area contributed by atoms with Gasteiger partial charge in [0.1, 0.15) is 6.04 Å². The van der Waals surface area contributed by atoms with Crippen LogP contribution in [0.5, 0.6) is 0 Å². The maximum Gasteiger partial charge on any atom is 0.242 e. The van der Waals surface area contributed by atoms with E-state index in [-0.39, 0.29) is 18.4 Å². The van der Waals surface area contributed by atoms with Gasteiger partial charge in [-0.2, -0.15) is 0 Å². The molecule has 0 bridgehead atoms. The molecule has 6 nitrogen and oxygen atoms in total. The molecule has 1 aliphatic rings. The first-order valence-corrected chi connectivity index (χ1v) is 11.3. The van der Waals surface area contributed by atoms with Crippen LogP contribution in [0.15, 0.2) is 54.6 Å². The molecule has 1 saturated heterocycles. The summed E-state index contributed by atoms with van der Waals surface area (Å²) in [6.07, 6.45) is 0. The van der Waals surface area contributed by atoms with Crippen molar-refractivity contribution in [1.29, 1.82) is 0 Å². The number of likely N-dealkylation sites (N-methyl/N-ethyl adjacent to an activating group) is 1. The second-order valence-corrected chi connectivity index (χ2v) is 8.03. The Bertz CT molecular complexity index is 848. The molecule has 2 aromatic carbocycles. The molecule has 0 aromatic heterocycles. The van der Waals surface area contributed by atoms with Gasteiger partial charge in [-0.25, -0.2) is 0 Å². The van der Waals surface area contributed by atoms with Gasteiger partial charge in [-0.3, -0.25) is 14.5 Å². The molecule has 3 rings (SSSR count). The fourth-order valence-corrected chi connectivity index (χ4v) is 4.12. The fourth-order valence-electron chi connectivity index (χ4n) is 3.99. The minimum Gasteiger partial charge on any atom is -0.368 e. The Hall–Kier alpha value is -2.57. The number of hydrogen-bond acceptors (Lipinski definition) is 4. The Morgan fingerprint density at radius 2 is 1.58 bits per heavy atom. The van der Waals surface area contributed by atoms with Crippen molar-refractivity contribution in [3.63, 3.8) is 0 Å². The van der Waals surface area contributed by atoms with Gasteiger partial charge in [0.05, 0.1) is 6.54 Å². The Labute approximate surface area is 189 Å². The van der Waals surface area contributed by atoms with E-state index in [1.165, 1.54) is 0 Å². The topological polar surface area (TPSA) is 55.9 Å². The number of piperazine rings is 1. The van der Waals surface area contributed by atoms with E-state index in [0.29, 0.717) is 18.1 Å². The van der Waals surface area contributed by atoms with Crippen molar-refractivity contribution in [2.24, 2.45) is 0 Å². The van der Waals surface area contributed by atoms with Crippen molar-refractivity contribution in [2.45, 2.75) is 19.9 Å². The molecule has 1 atom stereocenters. The van der Waals surface area contributed by atoms with Crippen molar-refractivity contribution < 1.29 is 9.59 Å². The van der Waals surface area contributed by atoms with Crippen LogP contribution in [0.3, 0.4) is 0 Å². The SMILES string of the molecule is CCN(CC)C(C(=O)NCC(=O)N1CCN(c2ccc(Cl)cc2)CC1)c1ccccc1. The zero-order valence-electron chi connectivity index (χ0n) is 18.3. The molecular weight excluding hydrogens is 412 g/mol. The van der Waals surface area contributed by atoms with E-state index in [4.69, 9.17) is 11.6 Å². The van der Waals surface area contributed by atoms with Crippen molar-refractivity contribution in [1.82, 2.24) is 15.1 Å². The highest BCUT2D eigenvalue weighted by atomic mass is 35.5. The summed E-state index contributed by atoms with van der Waals surface area (Å²) >= 11 is 5.97. The summed E-state index contributed by atoms with van der Waals surface area (Å²) in [4.78, 5) is 31.9. The third kappa shape index (κ3) is 5.99. The van der Waals surface area contributed by atoms with Gasteiger partial charge in [-0.15, -0.1) is 0 Å². The number of rotatable bonds is 8. The zero-order valence-corrected chi connectivity index (χ0v) is 19.0. The monoisotopic (exact) mass is 442 g/mol. The van der Waals surface area contributed by atoms with Gasteiger partial charge in [0, 0.05) is 36.9 Å². The number of halogens is 1. The zero-order chi connectivity index (χ0) is 22.2. The van der Waals surface area contributed by atoms with Crippen LogP contribution in [0.1, 0.15) is 25.5 Å². The summed E-state index contributed by atoms with van der Waals surface area (Å²) in [5.74, 6) is -0.182. The molecule has 0 aliphatic carbocycles. The van der Waals surface area contributed by atoms with Gasteiger partial charge < -0.3 is 15.1 Å². The lowest BCUT2D eigenvalue weighted by atomic mass is 10.0. The molecule has 0 saturated carbocycles. The predicted octanol–water partition coefficient (Wildman–Crippen LogP) is 3.19. The van der Waals surface area contributed by atoms with E-state index in [1.54, 1.807) is 0 Å². The predicted molar refractivity (Wildman–Crippen MR) is 125 cm³/mol. The molecule has 2 aromatic rings. The quantitative estimate of drug-likeness (QED) is 0.682. The van der Waals surface area contributed by atoms with Crippen LogP contribution in [-0.4, -0.2) is 67.4 Å². The van der Waals surface area contributed by atoms with Crippen molar-refractivity contribution in [2.75, 3.05) is 50.7 Å². The van der Waals surface area contributed by atoms with Crippen LogP contribution in [-0.2, 0) is 9.59 Å². The van der Waals surface area contributed by atoms with Crippen molar-refractivity contribution >= 4 is 29.1 Å². The third-order valence-electron chi connectivity index (χ3n) is 5.78. The second kappa shape index (κ2) is 11.2. The molecule has 0 spiro atoms. The van der Waals surface area contributed by atoms with Gasteiger partial charge in [0.15, 0.2) is 0 Å². The molecule has 1 fully saturated rings. The third-order valence-corrected chi connectivity index (χ3v) is 6.03. The minimum absolute atomic E-state index is 0.0182. The summed E-state index contributed by atoms with van der Waals surface area (Å²) in [5.41, 5.74) is 2.04. The van der Waals surface area contributed by atoms with E-state index in [2.05, 4.69) is 15.1 Å². The van der Waals surface area contributed by atoms with Crippen LogP contribution in [0.25, 0.3) is 0 Å². The molecule has 0 radical (unpaired) electrons. The van der Waals surface area contributed by atoms with Crippen LogP contribution >= 0.6 is 11.6 Å². The molecule has 1 heterocycles. The Morgan fingerprint density at radius 3 is 2.16 bits per heavy atom. The highest BCUT2D eigenvalue weighted by molar-refractivity contribution is 6.30. The number of anilines is 1. The second-order valence-electron chi connectivity index (χ2n) is 7.60. The molecule has 1 aliphatic heterocycles. The van der Waals surface area contributed by atoms with Gasteiger partial charge in [-0.05, 0) is 42.9 Å². The molecule has 1 N–H and O–H groups in total. The lowest BCUT2D eigenvalue weighted by Gasteiger charge is -2.36. The average Bonchev–Trinajstić information content (AvgIpc) is 2.82. The minimum atomic E-state index is -0.397. The van der Waals surface area contributed by atoms with Crippen molar-refractivity contribution in [3.8, 4) is 0 Å². The standard InChI is InChI=1S/C24H31ClN4O2/c1-3-27(4-2)23(19-8-6-5-7-9-19)24(31)26-18-22(30)29-16-14-28(15-17-29)21-12-10-20(25)11-13-21/h5-13,23H,3-4,14-18H2,1-2H3,(H,26,31). The van der Waals surface area contributed by atoms with Crippen LogP contribution in [0.4, 0.5) is 5.69 Å². The number of carbonyl (C=O) groups excluding carboxylic acids is 2. The van der Waals surface area contributed by atoms with Gasteiger partial charge >= 0.3 is 0 Å². The normalized spacial score (nSPS) is 15.1. The Kier molecular flexibility index (Phi) is 8.32. The highest BCUT2D eigenvalue weighted by Gasteiger charge is 2.27.